The topological polar surface area (TPSA) is 53.6 Å². The summed E-state index contributed by atoms with van der Waals surface area (Å²) in [5.41, 5.74) is 0. The highest BCUT2D eigenvalue weighted by molar-refractivity contribution is 5.74. The molecular weight excluding hydrogens is 254 g/mol. The van der Waals surface area contributed by atoms with Crippen molar-refractivity contribution in [1.82, 2.24) is 15.5 Å². The van der Waals surface area contributed by atoms with Gasteiger partial charge >= 0.3 is 6.03 Å². The summed E-state index contributed by atoms with van der Waals surface area (Å²) in [7, 11) is 1.95. The monoisotopic (exact) mass is 283 g/mol. The van der Waals surface area contributed by atoms with Gasteiger partial charge in [0.2, 0.25) is 0 Å². The second-order valence-electron chi connectivity index (χ2n) is 6.04. The number of likely N-dealkylation sites (tertiary alicyclic amines) is 1. The molecule has 0 aromatic carbocycles. The molecule has 0 aliphatic carbocycles. The molecule has 0 unspecified atom stereocenters. The molecule has 20 heavy (non-hydrogen) atoms. The molecule has 0 spiro atoms. The van der Waals surface area contributed by atoms with Crippen molar-refractivity contribution >= 4 is 6.03 Å². The van der Waals surface area contributed by atoms with E-state index < -0.39 is 0 Å². The van der Waals surface area contributed by atoms with E-state index >= 15 is 0 Å². The molecule has 0 saturated carbocycles. The molecule has 1 atom stereocenters. The molecule has 0 aromatic heterocycles. The molecule has 5 nitrogen and oxygen atoms in total. The number of ether oxygens (including phenoxy) is 1. The van der Waals surface area contributed by atoms with E-state index in [4.69, 9.17) is 4.74 Å². The minimum absolute atomic E-state index is 0.122. The first-order valence-corrected chi connectivity index (χ1v) is 8.07. The van der Waals surface area contributed by atoms with E-state index in [0.717, 1.165) is 65.0 Å². The third kappa shape index (κ3) is 4.94. The summed E-state index contributed by atoms with van der Waals surface area (Å²) < 4.78 is 5.41. The predicted octanol–water partition coefficient (Wildman–Crippen LogP) is 1.59. The largest absolute Gasteiger partial charge is 0.381 e. The van der Waals surface area contributed by atoms with Gasteiger partial charge in [0.05, 0.1) is 0 Å². The number of urea groups is 1. The van der Waals surface area contributed by atoms with Crippen molar-refractivity contribution in [2.75, 3.05) is 39.9 Å². The highest BCUT2D eigenvalue weighted by Gasteiger charge is 2.23. The van der Waals surface area contributed by atoms with E-state index in [1.54, 1.807) is 0 Å². The van der Waals surface area contributed by atoms with E-state index in [9.17, 15) is 4.79 Å². The van der Waals surface area contributed by atoms with Gasteiger partial charge in [-0.2, -0.15) is 0 Å². The van der Waals surface area contributed by atoms with Crippen LogP contribution in [0.5, 0.6) is 0 Å². The van der Waals surface area contributed by atoms with E-state index in [0.29, 0.717) is 5.92 Å². The van der Waals surface area contributed by atoms with E-state index in [1.807, 2.05) is 11.9 Å². The van der Waals surface area contributed by atoms with Crippen LogP contribution in [0.2, 0.25) is 0 Å². The van der Waals surface area contributed by atoms with Crippen LogP contribution >= 0.6 is 0 Å². The Morgan fingerprint density at radius 2 is 1.95 bits per heavy atom. The molecule has 116 valence electrons. The summed E-state index contributed by atoms with van der Waals surface area (Å²) >= 11 is 0. The van der Waals surface area contributed by atoms with Crippen LogP contribution in [-0.2, 0) is 4.74 Å². The number of piperidine rings is 1. The highest BCUT2D eigenvalue weighted by Crippen LogP contribution is 2.20. The number of hydrogen-bond donors (Lipinski definition) is 2. The number of hydrogen-bond acceptors (Lipinski definition) is 3. The molecule has 2 rings (SSSR count). The molecule has 5 heteroatoms. The van der Waals surface area contributed by atoms with Gasteiger partial charge in [-0.05, 0) is 51.5 Å². The summed E-state index contributed by atoms with van der Waals surface area (Å²) in [6, 6.07) is 0.356. The molecule has 2 amide bonds. The minimum Gasteiger partial charge on any atom is -0.381 e. The fourth-order valence-corrected chi connectivity index (χ4v) is 3.19. The Morgan fingerprint density at radius 3 is 2.60 bits per heavy atom. The van der Waals surface area contributed by atoms with Crippen LogP contribution in [0.15, 0.2) is 0 Å². The molecule has 2 heterocycles. The second kappa shape index (κ2) is 8.47. The van der Waals surface area contributed by atoms with Crippen molar-refractivity contribution in [3.63, 3.8) is 0 Å². The van der Waals surface area contributed by atoms with Gasteiger partial charge in [-0.1, -0.05) is 0 Å². The summed E-state index contributed by atoms with van der Waals surface area (Å²) in [4.78, 5) is 14.3. The lowest BCUT2D eigenvalue weighted by Gasteiger charge is -2.31. The van der Waals surface area contributed by atoms with Gasteiger partial charge in [-0.15, -0.1) is 0 Å². The van der Waals surface area contributed by atoms with E-state index in [1.165, 1.54) is 6.42 Å². The van der Waals surface area contributed by atoms with Crippen LogP contribution in [0.25, 0.3) is 0 Å². The maximum atomic E-state index is 12.3. The SMILES string of the molecule is CNC[C@@H](CC1CCOCC1)NC(=O)N1CCCCC1. The van der Waals surface area contributed by atoms with Crippen LogP contribution in [0.3, 0.4) is 0 Å². The molecule has 0 radical (unpaired) electrons. The first-order valence-electron chi connectivity index (χ1n) is 8.07. The van der Waals surface area contributed by atoms with Gasteiger partial charge in [0, 0.05) is 38.9 Å². The van der Waals surface area contributed by atoms with Crippen molar-refractivity contribution in [2.24, 2.45) is 5.92 Å². The van der Waals surface area contributed by atoms with Crippen molar-refractivity contribution in [3.05, 3.63) is 0 Å². The minimum atomic E-state index is 0.122. The maximum Gasteiger partial charge on any atom is 0.317 e. The Hall–Kier alpha value is -0.810. The van der Waals surface area contributed by atoms with Crippen molar-refractivity contribution in [3.8, 4) is 0 Å². The molecule has 2 saturated heterocycles. The number of nitrogens with zero attached hydrogens (tertiary/aromatic N) is 1. The van der Waals surface area contributed by atoms with Crippen molar-refractivity contribution < 1.29 is 9.53 Å². The summed E-state index contributed by atoms with van der Waals surface area (Å²) in [6.07, 6.45) is 6.85. The van der Waals surface area contributed by atoms with Gasteiger partial charge in [-0.3, -0.25) is 0 Å². The van der Waals surface area contributed by atoms with Gasteiger partial charge in [0.25, 0.3) is 0 Å². The smallest absolute Gasteiger partial charge is 0.317 e. The van der Waals surface area contributed by atoms with Crippen LogP contribution < -0.4 is 10.6 Å². The zero-order valence-corrected chi connectivity index (χ0v) is 12.7. The fraction of sp³-hybridized carbons (Fsp3) is 0.933. The van der Waals surface area contributed by atoms with Crippen molar-refractivity contribution in [1.29, 1.82) is 0 Å². The highest BCUT2D eigenvalue weighted by atomic mass is 16.5. The predicted molar refractivity (Wildman–Crippen MR) is 79.8 cm³/mol. The van der Waals surface area contributed by atoms with Crippen LogP contribution in [-0.4, -0.2) is 56.9 Å². The average molecular weight is 283 g/mol. The normalized spacial score (nSPS) is 22.6. The van der Waals surface area contributed by atoms with Gasteiger partial charge < -0.3 is 20.3 Å². The van der Waals surface area contributed by atoms with Crippen LogP contribution in [0, 0.1) is 5.92 Å². The standard InChI is InChI=1S/C15H29N3O2/c1-16-12-14(11-13-5-9-20-10-6-13)17-15(19)18-7-3-2-4-8-18/h13-14,16H,2-12H2,1H3,(H,17,19)/t14-/m1/s1. The zero-order chi connectivity index (χ0) is 14.2. The number of nitrogens with one attached hydrogen (secondary N) is 2. The first kappa shape index (κ1) is 15.6. The lowest BCUT2D eigenvalue weighted by molar-refractivity contribution is 0.0606. The molecule has 2 fully saturated rings. The molecule has 2 N–H and O–H groups in total. The fourth-order valence-electron chi connectivity index (χ4n) is 3.19. The quantitative estimate of drug-likeness (QED) is 0.805. The zero-order valence-electron chi connectivity index (χ0n) is 12.7. The third-order valence-corrected chi connectivity index (χ3v) is 4.38. The summed E-state index contributed by atoms with van der Waals surface area (Å²) in [5.74, 6) is 0.684. The maximum absolute atomic E-state index is 12.3. The molecule has 2 aliphatic rings. The Balaban J connectivity index is 1.79. The second-order valence-corrected chi connectivity index (χ2v) is 6.04. The Morgan fingerprint density at radius 1 is 1.25 bits per heavy atom. The molecular formula is C15H29N3O2. The third-order valence-electron chi connectivity index (χ3n) is 4.38. The number of carbonyl (C=O) groups excluding carboxylic acids is 1. The lowest BCUT2D eigenvalue weighted by atomic mass is 9.92. The number of carbonyl (C=O) groups is 1. The van der Waals surface area contributed by atoms with Gasteiger partial charge in [0.1, 0.15) is 0 Å². The van der Waals surface area contributed by atoms with E-state index in [-0.39, 0.29) is 12.1 Å². The Kier molecular flexibility index (Phi) is 6.60. The van der Waals surface area contributed by atoms with Crippen molar-refractivity contribution in [2.45, 2.75) is 44.6 Å². The Labute approximate surface area is 122 Å². The Bertz CT molecular complexity index is 287. The number of amides is 2. The van der Waals surface area contributed by atoms with E-state index in [2.05, 4.69) is 10.6 Å². The van der Waals surface area contributed by atoms with Crippen LogP contribution in [0.1, 0.15) is 38.5 Å². The van der Waals surface area contributed by atoms with Gasteiger partial charge in [-0.25, -0.2) is 4.79 Å². The van der Waals surface area contributed by atoms with Gasteiger partial charge in [0.15, 0.2) is 0 Å². The number of likely N-dealkylation sites (N-methyl/N-ethyl adjacent to an activating group) is 1. The lowest BCUT2D eigenvalue weighted by Crippen LogP contribution is -2.50. The average Bonchev–Trinajstić information content (AvgIpc) is 2.49. The molecule has 0 bridgehead atoms. The first-order chi connectivity index (χ1) is 9.79. The summed E-state index contributed by atoms with van der Waals surface area (Å²) in [5, 5.41) is 6.42. The summed E-state index contributed by atoms with van der Waals surface area (Å²) in [6.45, 7) is 4.41. The number of rotatable bonds is 5. The molecule has 2 aliphatic heterocycles. The molecule has 0 aromatic rings. The van der Waals surface area contributed by atoms with Crippen LogP contribution in [0.4, 0.5) is 4.79 Å².